The molecule has 7 heteroatoms. The van der Waals surface area contributed by atoms with Crippen LogP contribution in [0.5, 0.6) is 0 Å². The molecule has 2 atom stereocenters. The smallest absolute Gasteiger partial charge is 0.191 e. The monoisotopic (exact) mass is 503 g/mol. The van der Waals surface area contributed by atoms with Gasteiger partial charge in [-0.05, 0) is 44.5 Å². The molecule has 1 aromatic heterocycles. The first kappa shape index (κ1) is 23.5. The van der Waals surface area contributed by atoms with Gasteiger partial charge in [0.05, 0.1) is 12.3 Å². The fourth-order valence-corrected chi connectivity index (χ4v) is 4.64. The second-order valence-electron chi connectivity index (χ2n) is 7.77. The van der Waals surface area contributed by atoms with Gasteiger partial charge in [0.1, 0.15) is 5.76 Å². The highest BCUT2D eigenvalue weighted by Crippen LogP contribution is 2.26. The van der Waals surface area contributed by atoms with E-state index in [0.29, 0.717) is 6.04 Å². The van der Waals surface area contributed by atoms with Crippen LogP contribution in [0, 0.1) is 0 Å². The first-order valence-electron chi connectivity index (χ1n) is 10.7. The molecule has 0 bridgehead atoms. The Labute approximate surface area is 187 Å². The third kappa shape index (κ3) is 6.10. The summed E-state index contributed by atoms with van der Waals surface area (Å²) in [5.41, 5.74) is 0. The molecule has 2 unspecified atom stereocenters. The zero-order valence-corrected chi connectivity index (χ0v) is 20.0. The molecule has 1 saturated heterocycles. The van der Waals surface area contributed by atoms with Crippen molar-refractivity contribution < 1.29 is 4.42 Å². The van der Waals surface area contributed by atoms with Gasteiger partial charge in [-0.3, -0.25) is 14.8 Å². The van der Waals surface area contributed by atoms with Gasteiger partial charge in [-0.2, -0.15) is 0 Å². The summed E-state index contributed by atoms with van der Waals surface area (Å²) < 4.78 is 5.70. The van der Waals surface area contributed by atoms with Gasteiger partial charge in [-0.15, -0.1) is 24.0 Å². The Balaban J connectivity index is 0.00000280. The van der Waals surface area contributed by atoms with Crippen LogP contribution >= 0.6 is 24.0 Å². The van der Waals surface area contributed by atoms with Crippen molar-refractivity contribution in [2.45, 2.75) is 64.1 Å². The van der Waals surface area contributed by atoms with Crippen molar-refractivity contribution >= 4 is 29.9 Å². The molecular weight excluding hydrogens is 465 g/mol. The molecule has 2 aliphatic rings. The maximum atomic E-state index is 5.70. The normalized spacial score (nSPS) is 22.4. The van der Waals surface area contributed by atoms with Crippen LogP contribution in [0.2, 0.25) is 0 Å². The highest BCUT2D eigenvalue weighted by atomic mass is 127. The number of guanidine groups is 1. The van der Waals surface area contributed by atoms with Gasteiger partial charge < -0.3 is 15.1 Å². The molecule has 0 radical (unpaired) electrons. The van der Waals surface area contributed by atoms with E-state index in [0.717, 1.165) is 43.9 Å². The zero-order valence-electron chi connectivity index (χ0n) is 17.7. The molecule has 160 valence electrons. The minimum atomic E-state index is 0. The molecule has 6 nitrogen and oxygen atoms in total. The Morgan fingerprint density at radius 1 is 1.29 bits per heavy atom. The third-order valence-corrected chi connectivity index (χ3v) is 6.21. The van der Waals surface area contributed by atoms with Gasteiger partial charge in [0.2, 0.25) is 0 Å². The minimum absolute atomic E-state index is 0. The van der Waals surface area contributed by atoms with E-state index >= 15 is 0 Å². The van der Waals surface area contributed by atoms with Crippen LogP contribution in [0.4, 0.5) is 0 Å². The van der Waals surface area contributed by atoms with Gasteiger partial charge in [-0.25, -0.2) is 0 Å². The molecule has 2 heterocycles. The Kier molecular flexibility index (Phi) is 10.1. The van der Waals surface area contributed by atoms with Crippen LogP contribution in [0.1, 0.15) is 57.8 Å². The van der Waals surface area contributed by atoms with Crippen LogP contribution < -0.4 is 10.6 Å². The van der Waals surface area contributed by atoms with E-state index < -0.39 is 0 Å². The highest BCUT2D eigenvalue weighted by molar-refractivity contribution is 14.0. The van der Waals surface area contributed by atoms with Crippen LogP contribution in [-0.4, -0.2) is 67.6 Å². The largest absolute Gasteiger partial charge is 0.468 e. The number of aliphatic imine (C=N–C) groups is 1. The van der Waals surface area contributed by atoms with Crippen LogP contribution in [0.25, 0.3) is 0 Å². The molecule has 2 N–H and O–H groups in total. The summed E-state index contributed by atoms with van der Waals surface area (Å²) >= 11 is 0. The molecule has 1 aliphatic carbocycles. The van der Waals surface area contributed by atoms with E-state index in [2.05, 4.69) is 45.3 Å². The van der Waals surface area contributed by atoms with Crippen molar-refractivity contribution in [1.82, 2.24) is 20.4 Å². The van der Waals surface area contributed by atoms with E-state index in [4.69, 9.17) is 4.42 Å². The Hall–Kier alpha value is -0.800. The SMILES string of the molecule is CCN(CC)C(CNC(=NC)NC1CCN(C2CCCC2)C1)c1ccco1.I. The van der Waals surface area contributed by atoms with Gasteiger partial charge >= 0.3 is 0 Å². The van der Waals surface area contributed by atoms with Gasteiger partial charge in [0, 0.05) is 38.8 Å². The Bertz CT molecular complexity index is 569. The molecule has 28 heavy (non-hydrogen) atoms. The summed E-state index contributed by atoms with van der Waals surface area (Å²) in [6.45, 7) is 9.53. The lowest BCUT2D eigenvalue weighted by Crippen LogP contribution is -2.47. The third-order valence-electron chi connectivity index (χ3n) is 6.21. The van der Waals surface area contributed by atoms with Crippen LogP contribution in [0.15, 0.2) is 27.8 Å². The average molecular weight is 503 g/mol. The minimum Gasteiger partial charge on any atom is -0.468 e. The molecule has 1 saturated carbocycles. The number of furan rings is 1. The quantitative estimate of drug-likeness (QED) is 0.324. The predicted octanol–water partition coefficient (Wildman–Crippen LogP) is 3.46. The van der Waals surface area contributed by atoms with E-state index in [1.54, 1.807) is 6.26 Å². The summed E-state index contributed by atoms with van der Waals surface area (Å²) in [5.74, 6) is 1.91. The topological polar surface area (TPSA) is 56.0 Å². The predicted molar refractivity (Wildman–Crippen MR) is 127 cm³/mol. The summed E-state index contributed by atoms with van der Waals surface area (Å²) in [5, 5.41) is 7.18. The molecular formula is C21H38IN5O. The lowest BCUT2D eigenvalue weighted by Gasteiger charge is -2.29. The molecule has 0 spiro atoms. The van der Waals surface area contributed by atoms with E-state index in [9.17, 15) is 0 Å². The molecule has 2 fully saturated rings. The number of likely N-dealkylation sites (N-methyl/N-ethyl adjacent to an activating group) is 1. The lowest BCUT2D eigenvalue weighted by molar-refractivity contribution is 0.193. The fraction of sp³-hybridized carbons (Fsp3) is 0.762. The number of nitrogens with one attached hydrogen (secondary N) is 2. The summed E-state index contributed by atoms with van der Waals surface area (Å²) in [6.07, 6.45) is 8.54. The van der Waals surface area contributed by atoms with E-state index in [1.165, 1.54) is 38.6 Å². The zero-order chi connectivity index (χ0) is 19.1. The highest BCUT2D eigenvalue weighted by Gasteiger charge is 2.30. The van der Waals surface area contributed by atoms with Crippen LogP contribution in [-0.2, 0) is 0 Å². The lowest BCUT2D eigenvalue weighted by atomic mass is 10.2. The van der Waals surface area contributed by atoms with E-state index in [1.807, 2.05) is 13.1 Å². The average Bonchev–Trinajstić information content (AvgIpc) is 3.45. The summed E-state index contributed by atoms with van der Waals surface area (Å²) in [6, 6.07) is 5.56. The Morgan fingerprint density at radius 2 is 2.04 bits per heavy atom. The molecule has 1 aliphatic heterocycles. The number of hydrogen-bond donors (Lipinski definition) is 2. The standard InChI is InChI=1S/C21H37N5O.HI/c1-4-25(5-2)19(20-11-8-14-27-20)15-23-21(22-3)24-17-12-13-26(16-17)18-9-6-7-10-18;/h8,11,14,17-19H,4-7,9-10,12-13,15-16H2,1-3H3,(H2,22,23,24);1H. The number of likely N-dealkylation sites (tertiary alicyclic amines) is 1. The summed E-state index contributed by atoms with van der Waals surface area (Å²) in [7, 11) is 1.86. The van der Waals surface area contributed by atoms with Gasteiger partial charge in [0.25, 0.3) is 0 Å². The molecule has 0 amide bonds. The second kappa shape index (κ2) is 12.0. The van der Waals surface area contributed by atoms with Gasteiger partial charge in [-0.1, -0.05) is 26.7 Å². The second-order valence-corrected chi connectivity index (χ2v) is 7.77. The summed E-state index contributed by atoms with van der Waals surface area (Å²) in [4.78, 5) is 9.56. The van der Waals surface area contributed by atoms with E-state index in [-0.39, 0.29) is 30.0 Å². The first-order valence-corrected chi connectivity index (χ1v) is 10.7. The number of rotatable bonds is 8. The van der Waals surface area contributed by atoms with Crippen molar-refractivity contribution in [3.05, 3.63) is 24.2 Å². The van der Waals surface area contributed by atoms with Crippen LogP contribution in [0.3, 0.4) is 0 Å². The maximum absolute atomic E-state index is 5.70. The molecule has 0 aromatic carbocycles. The first-order chi connectivity index (χ1) is 13.2. The fourth-order valence-electron chi connectivity index (χ4n) is 4.64. The number of nitrogens with zero attached hydrogens (tertiary/aromatic N) is 3. The molecule has 1 aromatic rings. The van der Waals surface area contributed by atoms with Gasteiger partial charge in [0.15, 0.2) is 5.96 Å². The molecule has 3 rings (SSSR count). The van der Waals surface area contributed by atoms with Crippen molar-refractivity contribution in [3.63, 3.8) is 0 Å². The Morgan fingerprint density at radius 3 is 2.64 bits per heavy atom. The van der Waals surface area contributed by atoms with Crippen molar-refractivity contribution in [3.8, 4) is 0 Å². The number of hydrogen-bond acceptors (Lipinski definition) is 4. The van der Waals surface area contributed by atoms with Crippen molar-refractivity contribution in [2.75, 3.05) is 39.8 Å². The van der Waals surface area contributed by atoms with Crippen molar-refractivity contribution in [2.24, 2.45) is 4.99 Å². The van der Waals surface area contributed by atoms with Crippen molar-refractivity contribution in [1.29, 1.82) is 0 Å². The number of halogens is 1. The maximum Gasteiger partial charge on any atom is 0.191 e.